The van der Waals surface area contributed by atoms with Crippen LogP contribution in [0.4, 0.5) is 0 Å². The van der Waals surface area contributed by atoms with Gasteiger partial charge in [-0.1, -0.05) is 6.92 Å². The summed E-state index contributed by atoms with van der Waals surface area (Å²) >= 11 is 0. The van der Waals surface area contributed by atoms with Gasteiger partial charge >= 0.3 is 0 Å². The normalized spacial score (nSPS) is 35.8. The molecule has 1 aliphatic rings. The van der Waals surface area contributed by atoms with Crippen LogP contribution in [0, 0.1) is 5.92 Å². The first-order chi connectivity index (χ1) is 4.75. The molecular weight excluding hydrogens is 126 g/mol. The maximum Gasteiger partial charge on any atom is 0.0767 e. The molecule has 0 amide bonds. The zero-order valence-electron chi connectivity index (χ0n) is 6.62. The van der Waals surface area contributed by atoms with E-state index in [0.29, 0.717) is 12.0 Å². The van der Waals surface area contributed by atoms with Gasteiger partial charge in [0.05, 0.1) is 6.26 Å². The van der Waals surface area contributed by atoms with Crippen molar-refractivity contribution in [2.75, 3.05) is 13.6 Å². The van der Waals surface area contributed by atoms with Gasteiger partial charge in [-0.15, -0.1) is 0 Å². The number of aliphatic hydroxyl groups excluding tert-OH is 1. The molecule has 0 spiro atoms. The molecule has 0 saturated carbocycles. The van der Waals surface area contributed by atoms with Gasteiger partial charge in [-0.05, 0) is 32.0 Å². The third-order valence-electron chi connectivity index (χ3n) is 2.31. The molecule has 2 nitrogen and oxygen atoms in total. The van der Waals surface area contributed by atoms with Crippen molar-refractivity contribution in [3.63, 3.8) is 0 Å². The Hall–Kier alpha value is -0.500. The van der Waals surface area contributed by atoms with E-state index < -0.39 is 0 Å². The van der Waals surface area contributed by atoms with Crippen LogP contribution < -0.4 is 0 Å². The zero-order valence-corrected chi connectivity index (χ0v) is 6.62. The monoisotopic (exact) mass is 141 g/mol. The van der Waals surface area contributed by atoms with Crippen molar-refractivity contribution in [1.29, 1.82) is 0 Å². The fourth-order valence-corrected chi connectivity index (χ4v) is 1.59. The van der Waals surface area contributed by atoms with Gasteiger partial charge in [0.25, 0.3) is 0 Å². The van der Waals surface area contributed by atoms with Crippen LogP contribution in [0.25, 0.3) is 0 Å². The van der Waals surface area contributed by atoms with Gasteiger partial charge in [0.1, 0.15) is 0 Å². The van der Waals surface area contributed by atoms with Gasteiger partial charge in [0.15, 0.2) is 0 Å². The van der Waals surface area contributed by atoms with Crippen molar-refractivity contribution in [3.8, 4) is 0 Å². The van der Waals surface area contributed by atoms with E-state index in [0.717, 1.165) is 12.8 Å². The largest absolute Gasteiger partial charge is 0.516 e. The number of hydrogen-bond donors (Lipinski definition) is 1. The topological polar surface area (TPSA) is 23.5 Å². The van der Waals surface area contributed by atoms with Gasteiger partial charge in [0, 0.05) is 6.04 Å². The van der Waals surface area contributed by atoms with E-state index in [4.69, 9.17) is 5.11 Å². The third-order valence-corrected chi connectivity index (χ3v) is 2.31. The summed E-state index contributed by atoms with van der Waals surface area (Å²) in [5, 5.41) is 8.56. The van der Waals surface area contributed by atoms with Crippen molar-refractivity contribution < 1.29 is 5.11 Å². The molecule has 1 rings (SSSR count). The highest BCUT2D eigenvalue weighted by molar-refractivity contribution is 4.96. The molecule has 2 heteroatoms. The quantitative estimate of drug-likeness (QED) is 0.558. The fraction of sp³-hybridized carbons (Fsp3) is 0.750. The maximum absolute atomic E-state index is 8.56. The lowest BCUT2D eigenvalue weighted by atomic mass is 10.0. The van der Waals surface area contributed by atoms with Crippen LogP contribution in [0.15, 0.2) is 12.3 Å². The van der Waals surface area contributed by atoms with Crippen LogP contribution in [0.5, 0.6) is 0 Å². The first-order valence-corrected chi connectivity index (χ1v) is 3.77. The third kappa shape index (κ3) is 1.32. The van der Waals surface area contributed by atoms with Crippen molar-refractivity contribution in [1.82, 2.24) is 4.90 Å². The second kappa shape index (κ2) is 3.06. The zero-order chi connectivity index (χ0) is 7.56. The average molecular weight is 141 g/mol. The van der Waals surface area contributed by atoms with Gasteiger partial charge in [-0.2, -0.15) is 0 Å². The fourth-order valence-electron chi connectivity index (χ4n) is 1.59. The molecule has 1 aliphatic heterocycles. The highest BCUT2D eigenvalue weighted by atomic mass is 16.2. The van der Waals surface area contributed by atoms with E-state index >= 15 is 0 Å². The molecule has 10 heavy (non-hydrogen) atoms. The minimum Gasteiger partial charge on any atom is -0.516 e. The van der Waals surface area contributed by atoms with Crippen molar-refractivity contribution in [2.45, 2.75) is 19.4 Å². The van der Waals surface area contributed by atoms with E-state index in [-0.39, 0.29) is 0 Å². The molecule has 0 aromatic rings. The summed E-state index contributed by atoms with van der Waals surface area (Å²) in [5.41, 5.74) is 0. The molecule has 1 saturated heterocycles. The molecular formula is C8H15NO. The van der Waals surface area contributed by atoms with Crippen LogP contribution in [0.1, 0.15) is 13.3 Å². The molecule has 1 fully saturated rings. The van der Waals surface area contributed by atoms with Gasteiger partial charge in [0.2, 0.25) is 0 Å². The Balaban J connectivity index is 2.54. The SMILES string of the molecule is C[C@H]1CCN(C)C1/C=C/O. The van der Waals surface area contributed by atoms with Crippen molar-refractivity contribution >= 4 is 0 Å². The number of hydrogen-bond acceptors (Lipinski definition) is 2. The first kappa shape index (κ1) is 7.61. The van der Waals surface area contributed by atoms with Crippen molar-refractivity contribution in [2.24, 2.45) is 5.92 Å². The Kier molecular flexibility index (Phi) is 2.33. The summed E-state index contributed by atoms with van der Waals surface area (Å²) in [7, 11) is 2.09. The second-order valence-corrected chi connectivity index (χ2v) is 3.08. The summed E-state index contributed by atoms with van der Waals surface area (Å²) < 4.78 is 0. The highest BCUT2D eigenvalue weighted by Crippen LogP contribution is 2.22. The molecule has 0 aromatic heterocycles. The van der Waals surface area contributed by atoms with Gasteiger partial charge in [-0.25, -0.2) is 0 Å². The number of nitrogens with zero attached hydrogens (tertiary/aromatic N) is 1. The average Bonchev–Trinajstić information content (AvgIpc) is 2.20. The Labute approximate surface area is 62.2 Å². The van der Waals surface area contributed by atoms with Crippen LogP contribution in [0.2, 0.25) is 0 Å². The first-order valence-electron chi connectivity index (χ1n) is 3.77. The van der Waals surface area contributed by atoms with E-state index in [9.17, 15) is 0 Å². The smallest absolute Gasteiger partial charge is 0.0767 e. The Morgan fingerprint density at radius 2 is 2.30 bits per heavy atom. The lowest BCUT2D eigenvalue weighted by Gasteiger charge is -2.17. The maximum atomic E-state index is 8.56. The summed E-state index contributed by atoms with van der Waals surface area (Å²) in [6.45, 7) is 3.37. The van der Waals surface area contributed by atoms with Gasteiger partial charge in [-0.3, -0.25) is 4.90 Å². The Morgan fingerprint density at radius 1 is 1.60 bits per heavy atom. The molecule has 0 radical (unpaired) electrons. The molecule has 58 valence electrons. The summed E-state index contributed by atoms with van der Waals surface area (Å²) in [6.07, 6.45) is 4.26. The predicted molar refractivity (Wildman–Crippen MR) is 42.0 cm³/mol. The summed E-state index contributed by atoms with van der Waals surface area (Å²) in [4.78, 5) is 2.26. The Morgan fingerprint density at radius 3 is 2.70 bits per heavy atom. The van der Waals surface area contributed by atoms with E-state index in [1.165, 1.54) is 6.42 Å². The van der Waals surface area contributed by atoms with E-state index in [1.807, 2.05) is 6.08 Å². The lowest BCUT2D eigenvalue weighted by molar-refractivity contribution is 0.324. The Bertz CT molecular complexity index is 123. The van der Waals surface area contributed by atoms with E-state index in [1.54, 1.807) is 0 Å². The number of likely N-dealkylation sites (tertiary alicyclic amines) is 1. The van der Waals surface area contributed by atoms with E-state index in [2.05, 4.69) is 18.9 Å². The molecule has 0 aliphatic carbocycles. The summed E-state index contributed by atoms with van der Waals surface area (Å²) in [6, 6.07) is 0.449. The summed E-state index contributed by atoms with van der Waals surface area (Å²) in [5.74, 6) is 0.688. The molecule has 0 aromatic carbocycles. The highest BCUT2D eigenvalue weighted by Gasteiger charge is 2.25. The predicted octanol–water partition coefficient (Wildman–Crippen LogP) is 1.40. The van der Waals surface area contributed by atoms with Crippen LogP contribution in [-0.4, -0.2) is 29.6 Å². The van der Waals surface area contributed by atoms with Gasteiger partial charge < -0.3 is 5.11 Å². The van der Waals surface area contributed by atoms with Crippen LogP contribution in [-0.2, 0) is 0 Å². The minimum atomic E-state index is 0.449. The van der Waals surface area contributed by atoms with Crippen LogP contribution >= 0.6 is 0 Å². The molecule has 0 bridgehead atoms. The number of rotatable bonds is 1. The second-order valence-electron chi connectivity index (χ2n) is 3.08. The molecule has 1 unspecified atom stereocenters. The van der Waals surface area contributed by atoms with Crippen molar-refractivity contribution in [3.05, 3.63) is 12.3 Å². The molecule has 1 heterocycles. The lowest BCUT2D eigenvalue weighted by Crippen LogP contribution is -2.25. The standard InChI is InChI=1S/C8H15NO/c1-7-3-5-9(2)8(7)4-6-10/h4,6-8,10H,3,5H2,1-2H3/b6-4+/t7-,8?/m0/s1. The number of likely N-dealkylation sites (N-methyl/N-ethyl adjacent to an activating group) is 1. The minimum absolute atomic E-state index is 0.449. The number of aliphatic hydroxyl groups is 1. The van der Waals surface area contributed by atoms with Crippen LogP contribution in [0.3, 0.4) is 0 Å². The molecule has 2 atom stereocenters. The molecule has 1 N–H and O–H groups in total.